The van der Waals surface area contributed by atoms with Crippen molar-refractivity contribution in [3.8, 4) is 5.88 Å². The number of hydrogen-bond donors (Lipinski definition) is 2. The zero-order valence-corrected chi connectivity index (χ0v) is 14.1. The fourth-order valence-electron chi connectivity index (χ4n) is 3.17. The molecule has 2 aromatic heterocycles. The average Bonchev–Trinajstić information content (AvgIpc) is 2.95. The van der Waals surface area contributed by atoms with Gasteiger partial charge in [0.2, 0.25) is 5.88 Å². The van der Waals surface area contributed by atoms with Crippen molar-refractivity contribution in [1.82, 2.24) is 20.5 Å². The van der Waals surface area contributed by atoms with Gasteiger partial charge in [-0.1, -0.05) is 0 Å². The van der Waals surface area contributed by atoms with Gasteiger partial charge < -0.3 is 14.8 Å². The number of hydrogen-bond acceptors (Lipinski definition) is 5. The number of rotatable bonds is 3. The lowest BCUT2D eigenvalue weighted by molar-refractivity contribution is -0.0693. The van der Waals surface area contributed by atoms with Gasteiger partial charge in [-0.3, -0.25) is 9.89 Å². The predicted octanol–water partition coefficient (Wildman–Crippen LogP) is 2.04. The van der Waals surface area contributed by atoms with Gasteiger partial charge in [-0.2, -0.15) is 5.10 Å². The number of amides is 1. The summed E-state index contributed by atoms with van der Waals surface area (Å²) in [5.41, 5.74) is 0.753. The molecule has 1 fully saturated rings. The summed E-state index contributed by atoms with van der Waals surface area (Å²) in [4.78, 5) is 17.0. The van der Waals surface area contributed by atoms with Crippen LogP contribution in [0.5, 0.6) is 5.88 Å². The molecular formula is C16H22N4O3. The summed E-state index contributed by atoms with van der Waals surface area (Å²) in [6, 6.07) is 3.41. The zero-order valence-electron chi connectivity index (χ0n) is 14.1. The topological polar surface area (TPSA) is 89.1 Å². The molecule has 0 aromatic carbocycles. The second-order valence-corrected chi connectivity index (χ2v) is 7.02. The molecule has 1 amide bonds. The Bertz CT molecular complexity index is 751. The lowest BCUT2D eigenvalue weighted by Crippen LogP contribution is -2.46. The van der Waals surface area contributed by atoms with Crippen molar-refractivity contribution in [2.24, 2.45) is 0 Å². The summed E-state index contributed by atoms with van der Waals surface area (Å²) >= 11 is 0. The van der Waals surface area contributed by atoms with Gasteiger partial charge in [0.1, 0.15) is 5.52 Å². The summed E-state index contributed by atoms with van der Waals surface area (Å²) in [6.07, 6.45) is 0.741. The van der Waals surface area contributed by atoms with E-state index in [-0.39, 0.29) is 23.2 Å². The minimum absolute atomic E-state index is 0.0950. The molecule has 1 atom stereocenters. The number of carbonyl (C=O) groups excluding carboxylic acids is 1. The second-order valence-electron chi connectivity index (χ2n) is 7.02. The molecule has 7 nitrogen and oxygen atoms in total. The summed E-state index contributed by atoms with van der Waals surface area (Å²) in [5, 5.41) is 9.95. The van der Waals surface area contributed by atoms with E-state index in [2.05, 4.69) is 20.5 Å². The fraction of sp³-hybridized carbons (Fsp3) is 0.562. The van der Waals surface area contributed by atoms with Crippen LogP contribution in [0.3, 0.4) is 0 Å². The van der Waals surface area contributed by atoms with E-state index in [1.54, 1.807) is 12.1 Å². The van der Waals surface area contributed by atoms with Crippen LogP contribution in [-0.4, -0.2) is 45.4 Å². The Kier molecular flexibility index (Phi) is 3.55. The molecule has 1 unspecified atom stereocenters. The number of ether oxygens (including phenoxy) is 2. The molecule has 1 saturated heterocycles. The van der Waals surface area contributed by atoms with E-state index >= 15 is 0 Å². The van der Waals surface area contributed by atoms with Crippen molar-refractivity contribution in [3.63, 3.8) is 0 Å². The highest BCUT2D eigenvalue weighted by atomic mass is 16.5. The molecular weight excluding hydrogens is 296 g/mol. The maximum Gasteiger partial charge on any atom is 0.274 e. The van der Waals surface area contributed by atoms with Gasteiger partial charge >= 0.3 is 0 Å². The standard InChI is InChI=1S/C16H22N4O3/c1-15(2)8-10(16(3,4)23-15)17-14(21)13-12-9(19-20-13)6-7-11(18-12)22-5/h6-7,10H,8H2,1-5H3,(H,17,21)(H,19,20). The summed E-state index contributed by atoms with van der Waals surface area (Å²) < 4.78 is 11.1. The van der Waals surface area contributed by atoms with Crippen molar-refractivity contribution in [3.05, 3.63) is 17.8 Å². The summed E-state index contributed by atoms with van der Waals surface area (Å²) in [5.74, 6) is 0.176. The summed E-state index contributed by atoms with van der Waals surface area (Å²) in [7, 11) is 1.54. The maximum absolute atomic E-state index is 12.6. The first kappa shape index (κ1) is 15.7. The smallest absolute Gasteiger partial charge is 0.274 e. The minimum Gasteiger partial charge on any atom is -0.481 e. The third kappa shape index (κ3) is 2.88. The van der Waals surface area contributed by atoms with Crippen LogP contribution in [-0.2, 0) is 4.74 Å². The Morgan fingerprint density at radius 2 is 2.13 bits per heavy atom. The second kappa shape index (κ2) is 5.19. The molecule has 3 rings (SSSR count). The van der Waals surface area contributed by atoms with Crippen LogP contribution < -0.4 is 10.1 Å². The first-order valence-electron chi connectivity index (χ1n) is 7.62. The molecule has 1 aliphatic heterocycles. The minimum atomic E-state index is -0.434. The highest BCUT2D eigenvalue weighted by molar-refractivity contribution is 6.03. The Morgan fingerprint density at radius 3 is 2.74 bits per heavy atom. The molecule has 2 N–H and O–H groups in total. The van der Waals surface area contributed by atoms with Crippen LogP contribution in [0.1, 0.15) is 44.6 Å². The molecule has 0 saturated carbocycles. The number of methoxy groups -OCH3 is 1. The Hall–Kier alpha value is -2.15. The highest BCUT2D eigenvalue weighted by Crippen LogP contribution is 2.37. The lowest BCUT2D eigenvalue weighted by Gasteiger charge is -2.27. The van der Waals surface area contributed by atoms with E-state index in [1.807, 2.05) is 27.7 Å². The normalized spacial score (nSPS) is 22.2. The number of nitrogens with zero attached hydrogens (tertiary/aromatic N) is 2. The molecule has 0 bridgehead atoms. The van der Waals surface area contributed by atoms with Crippen LogP contribution >= 0.6 is 0 Å². The average molecular weight is 318 g/mol. The Labute approximate surface area is 134 Å². The van der Waals surface area contributed by atoms with Crippen LogP contribution in [0, 0.1) is 0 Å². The number of aromatic amines is 1. The first-order valence-corrected chi connectivity index (χ1v) is 7.62. The van der Waals surface area contributed by atoms with Crippen molar-refractivity contribution in [2.75, 3.05) is 7.11 Å². The van der Waals surface area contributed by atoms with Gasteiger partial charge in [-0.05, 0) is 40.2 Å². The Morgan fingerprint density at radius 1 is 1.39 bits per heavy atom. The molecule has 2 aromatic rings. The molecule has 0 aliphatic carbocycles. The van der Waals surface area contributed by atoms with E-state index in [0.29, 0.717) is 16.9 Å². The van der Waals surface area contributed by atoms with Gasteiger partial charge in [0.25, 0.3) is 5.91 Å². The molecule has 124 valence electrons. The van der Waals surface area contributed by atoms with E-state index < -0.39 is 5.60 Å². The quantitative estimate of drug-likeness (QED) is 0.904. The van der Waals surface area contributed by atoms with Crippen LogP contribution in [0.2, 0.25) is 0 Å². The molecule has 23 heavy (non-hydrogen) atoms. The molecule has 1 aliphatic rings. The van der Waals surface area contributed by atoms with Crippen molar-refractivity contribution in [1.29, 1.82) is 0 Å². The number of pyridine rings is 1. The number of nitrogens with one attached hydrogen (secondary N) is 2. The number of carbonyl (C=O) groups is 1. The van der Waals surface area contributed by atoms with Crippen LogP contribution in [0.15, 0.2) is 12.1 Å². The SMILES string of the molecule is COc1ccc2[nH]nc(C(=O)NC3CC(C)(C)OC3(C)C)c2n1. The highest BCUT2D eigenvalue weighted by Gasteiger charge is 2.46. The van der Waals surface area contributed by atoms with E-state index in [4.69, 9.17) is 9.47 Å². The first-order chi connectivity index (χ1) is 10.7. The van der Waals surface area contributed by atoms with Gasteiger partial charge in [0.15, 0.2) is 5.69 Å². The number of fused-ring (bicyclic) bond motifs is 1. The Balaban J connectivity index is 1.87. The monoisotopic (exact) mass is 318 g/mol. The third-order valence-electron chi connectivity index (χ3n) is 4.19. The number of aromatic nitrogens is 3. The van der Waals surface area contributed by atoms with Crippen molar-refractivity contribution in [2.45, 2.75) is 51.4 Å². The lowest BCUT2D eigenvalue weighted by atomic mass is 9.94. The molecule has 7 heteroatoms. The van der Waals surface area contributed by atoms with Crippen LogP contribution in [0.25, 0.3) is 11.0 Å². The predicted molar refractivity (Wildman–Crippen MR) is 85.6 cm³/mol. The van der Waals surface area contributed by atoms with E-state index in [9.17, 15) is 4.79 Å². The van der Waals surface area contributed by atoms with Gasteiger partial charge in [0, 0.05) is 6.07 Å². The molecule has 0 spiro atoms. The summed E-state index contributed by atoms with van der Waals surface area (Å²) in [6.45, 7) is 8.02. The largest absolute Gasteiger partial charge is 0.481 e. The van der Waals surface area contributed by atoms with Gasteiger partial charge in [-0.15, -0.1) is 0 Å². The third-order valence-corrected chi connectivity index (χ3v) is 4.19. The number of H-pyrrole nitrogens is 1. The van der Waals surface area contributed by atoms with E-state index in [1.165, 1.54) is 7.11 Å². The van der Waals surface area contributed by atoms with E-state index in [0.717, 1.165) is 6.42 Å². The van der Waals surface area contributed by atoms with Gasteiger partial charge in [-0.25, -0.2) is 4.98 Å². The van der Waals surface area contributed by atoms with Crippen molar-refractivity contribution < 1.29 is 14.3 Å². The van der Waals surface area contributed by atoms with Crippen molar-refractivity contribution >= 4 is 16.9 Å². The molecule has 3 heterocycles. The fourth-order valence-corrected chi connectivity index (χ4v) is 3.17. The van der Waals surface area contributed by atoms with Crippen LogP contribution in [0.4, 0.5) is 0 Å². The maximum atomic E-state index is 12.6. The van der Waals surface area contributed by atoms with Gasteiger partial charge in [0.05, 0.1) is 29.9 Å². The zero-order chi connectivity index (χ0) is 16.8. The molecule has 0 radical (unpaired) electrons.